The fraction of sp³-hybridized carbons (Fsp3) is 0.545. The predicted octanol–water partition coefficient (Wildman–Crippen LogP) is 1.70. The van der Waals surface area contributed by atoms with E-state index in [-0.39, 0.29) is 18.4 Å². The van der Waals surface area contributed by atoms with Crippen LogP contribution < -0.4 is 15.0 Å². The molecule has 0 radical (unpaired) electrons. The van der Waals surface area contributed by atoms with Crippen LogP contribution in [0.1, 0.15) is 49.2 Å². The number of rotatable bonds is 4. The van der Waals surface area contributed by atoms with Crippen molar-refractivity contribution in [2.24, 2.45) is 0 Å². The van der Waals surface area contributed by atoms with Crippen molar-refractivity contribution in [1.82, 2.24) is 35.0 Å². The largest absolute Gasteiger partial charge is 0.454 e. The van der Waals surface area contributed by atoms with Crippen molar-refractivity contribution < 1.29 is 9.47 Å². The van der Waals surface area contributed by atoms with Gasteiger partial charge in [0.25, 0.3) is 5.56 Å². The highest BCUT2D eigenvalue weighted by molar-refractivity contribution is 5.83. The Labute approximate surface area is 185 Å². The lowest BCUT2D eigenvalue weighted by Crippen LogP contribution is -2.47. The zero-order valence-electron chi connectivity index (χ0n) is 18.2. The van der Waals surface area contributed by atoms with E-state index in [0.29, 0.717) is 23.1 Å². The second-order valence-corrected chi connectivity index (χ2v) is 9.01. The Hall–Kier alpha value is -2.98. The quantitative estimate of drug-likeness (QED) is 0.658. The van der Waals surface area contributed by atoms with E-state index in [0.717, 1.165) is 55.7 Å². The van der Waals surface area contributed by atoms with Gasteiger partial charge in [0.2, 0.25) is 6.79 Å². The first kappa shape index (κ1) is 19.7. The van der Waals surface area contributed by atoms with Gasteiger partial charge in [-0.2, -0.15) is 0 Å². The van der Waals surface area contributed by atoms with Crippen LogP contribution in [0.3, 0.4) is 0 Å². The van der Waals surface area contributed by atoms with Crippen LogP contribution in [0, 0.1) is 0 Å². The Bertz CT molecular complexity index is 1190. The van der Waals surface area contributed by atoms with E-state index in [2.05, 4.69) is 37.4 Å². The number of hydrogen-bond donors (Lipinski definition) is 1. The van der Waals surface area contributed by atoms with Crippen molar-refractivity contribution >= 4 is 10.9 Å². The van der Waals surface area contributed by atoms with Gasteiger partial charge in [-0.3, -0.25) is 9.69 Å². The zero-order chi connectivity index (χ0) is 21.7. The number of nitrogens with one attached hydrogen (secondary N) is 1. The molecular weight excluding hydrogens is 410 g/mol. The monoisotopic (exact) mass is 437 g/mol. The van der Waals surface area contributed by atoms with E-state index in [1.807, 2.05) is 22.9 Å². The maximum atomic E-state index is 13.4. The normalized spacial score (nSPS) is 20.9. The predicted molar refractivity (Wildman–Crippen MR) is 117 cm³/mol. The number of likely N-dealkylation sites (N-methyl/N-ethyl adjacent to an activating group) is 1. The molecule has 1 saturated carbocycles. The van der Waals surface area contributed by atoms with Crippen molar-refractivity contribution in [3.05, 3.63) is 39.9 Å². The summed E-state index contributed by atoms with van der Waals surface area (Å²) in [5.74, 6) is 2.11. The third-order valence-electron chi connectivity index (χ3n) is 7.00. The molecule has 0 unspecified atom stereocenters. The summed E-state index contributed by atoms with van der Waals surface area (Å²) in [5.41, 5.74) is 1.27. The van der Waals surface area contributed by atoms with Crippen LogP contribution in [0.5, 0.6) is 11.5 Å². The van der Waals surface area contributed by atoms with Gasteiger partial charge in [0.15, 0.2) is 17.3 Å². The third-order valence-corrected chi connectivity index (χ3v) is 7.00. The Morgan fingerprint density at radius 2 is 1.81 bits per heavy atom. The van der Waals surface area contributed by atoms with Gasteiger partial charge in [-0.25, -0.2) is 4.68 Å². The minimum absolute atomic E-state index is 0.124. The molecule has 2 fully saturated rings. The molecule has 1 aliphatic carbocycles. The summed E-state index contributed by atoms with van der Waals surface area (Å²) >= 11 is 0. The van der Waals surface area contributed by atoms with E-state index >= 15 is 0 Å². The molecule has 32 heavy (non-hydrogen) atoms. The molecule has 3 aliphatic rings. The number of benzene rings is 1. The highest BCUT2D eigenvalue weighted by Crippen LogP contribution is 2.37. The molecule has 2 aromatic heterocycles. The summed E-state index contributed by atoms with van der Waals surface area (Å²) in [6, 6.07) is 5.71. The zero-order valence-corrected chi connectivity index (χ0v) is 18.2. The van der Waals surface area contributed by atoms with Crippen molar-refractivity contribution in [2.45, 2.75) is 37.8 Å². The van der Waals surface area contributed by atoms with E-state index in [1.54, 1.807) is 0 Å². The lowest BCUT2D eigenvalue weighted by molar-refractivity contribution is 0.120. The molecule has 1 saturated heterocycles. The molecular formula is C22H27N7O3. The van der Waals surface area contributed by atoms with Crippen LogP contribution in [0.4, 0.5) is 0 Å². The second kappa shape index (κ2) is 7.86. The fourth-order valence-electron chi connectivity index (χ4n) is 5.18. The van der Waals surface area contributed by atoms with E-state index < -0.39 is 0 Å². The average molecular weight is 438 g/mol. The van der Waals surface area contributed by atoms with Gasteiger partial charge in [0, 0.05) is 43.2 Å². The number of ether oxygens (including phenoxy) is 2. The van der Waals surface area contributed by atoms with Crippen molar-refractivity contribution in [3.63, 3.8) is 0 Å². The van der Waals surface area contributed by atoms with Crippen molar-refractivity contribution in [2.75, 3.05) is 40.0 Å². The number of hydrogen-bond acceptors (Lipinski definition) is 8. The molecule has 6 rings (SSSR count). The molecule has 1 N–H and O–H groups in total. The Morgan fingerprint density at radius 3 is 2.59 bits per heavy atom. The molecule has 0 spiro atoms. The van der Waals surface area contributed by atoms with Crippen LogP contribution in [-0.2, 0) is 0 Å². The van der Waals surface area contributed by atoms with Gasteiger partial charge < -0.3 is 19.4 Å². The SMILES string of the molecule is CN1CCN([C@H](c2cc3cc4c(cc3[nH]c2=O)OCO4)c2nnnn2C2CCCC2)CC1. The Kier molecular flexibility index (Phi) is 4.83. The van der Waals surface area contributed by atoms with Crippen molar-refractivity contribution in [1.29, 1.82) is 0 Å². The number of aromatic amines is 1. The van der Waals surface area contributed by atoms with Crippen molar-refractivity contribution in [3.8, 4) is 11.5 Å². The minimum atomic E-state index is -0.308. The maximum absolute atomic E-state index is 13.4. The van der Waals surface area contributed by atoms with Gasteiger partial charge in [-0.05, 0) is 42.4 Å². The molecule has 0 bridgehead atoms. The average Bonchev–Trinajstić information content (AvgIpc) is 3.55. The second-order valence-electron chi connectivity index (χ2n) is 9.01. The van der Waals surface area contributed by atoms with Crippen LogP contribution in [-0.4, -0.2) is 75.0 Å². The number of pyridine rings is 1. The topological polar surface area (TPSA) is 101 Å². The maximum Gasteiger partial charge on any atom is 0.253 e. The smallest absolute Gasteiger partial charge is 0.253 e. The lowest BCUT2D eigenvalue weighted by Gasteiger charge is -2.37. The van der Waals surface area contributed by atoms with E-state index in [9.17, 15) is 4.79 Å². The first-order chi connectivity index (χ1) is 15.7. The number of H-pyrrole nitrogens is 1. The Morgan fingerprint density at radius 1 is 1.06 bits per heavy atom. The molecule has 0 amide bonds. The molecule has 2 aliphatic heterocycles. The molecule has 168 valence electrons. The molecule has 1 atom stereocenters. The third kappa shape index (κ3) is 3.34. The van der Waals surface area contributed by atoms with Crippen LogP contribution in [0.25, 0.3) is 10.9 Å². The first-order valence-electron chi connectivity index (χ1n) is 11.3. The van der Waals surface area contributed by atoms with Gasteiger partial charge in [-0.15, -0.1) is 5.10 Å². The molecule has 4 heterocycles. The summed E-state index contributed by atoms with van der Waals surface area (Å²) < 4.78 is 13.0. The van der Waals surface area contributed by atoms with Gasteiger partial charge in [0.1, 0.15) is 6.04 Å². The summed E-state index contributed by atoms with van der Waals surface area (Å²) in [6.07, 6.45) is 4.52. The first-order valence-corrected chi connectivity index (χ1v) is 11.3. The lowest BCUT2D eigenvalue weighted by atomic mass is 10.0. The summed E-state index contributed by atoms with van der Waals surface area (Å²) in [5, 5.41) is 13.8. The number of fused-ring (bicyclic) bond motifs is 2. The summed E-state index contributed by atoms with van der Waals surface area (Å²) in [6.45, 7) is 3.76. The highest BCUT2D eigenvalue weighted by atomic mass is 16.7. The van der Waals surface area contributed by atoms with Crippen LogP contribution >= 0.6 is 0 Å². The number of nitrogens with zero attached hydrogens (tertiary/aromatic N) is 6. The molecule has 10 heteroatoms. The summed E-state index contributed by atoms with van der Waals surface area (Å²) in [4.78, 5) is 21.1. The van der Waals surface area contributed by atoms with Gasteiger partial charge >= 0.3 is 0 Å². The number of piperazine rings is 1. The molecule has 10 nitrogen and oxygen atoms in total. The molecule has 1 aromatic carbocycles. The minimum Gasteiger partial charge on any atom is -0.454 e. The Balaban J connectivity index is 1.48. The molecule has 3 aromatic rings. The highest BCUT2D eigenvalue weighted by Gasteiger charge is 2.34. The number of aromatic nitrogens is 5. The van der Waals surface area contributed by atoms with Crippen LogP contribution in [0.15, 0.2) is 23.0 Å². The van der Waals surface area contributed by atoms with Crippen LogP contribution in [0.2, 0.25) is 0 Å². The van der Waals surface area contributed by atoms with E-state index in [1.165, 1.54) is 12.8 Å². The number of tetrazole rings is 1. The fourth-order valence-corrected chi connectivity index (χ4v) is 5.18. The van der Waals surface area contributed by atoms with E-state index in [4.69, 9.17) is 9.47 Å². The standard InChI is InChI=1S/C22H27N7O3/c1-27-6-8-28(9-7-27)20(21-24-25-26-29(21)15-4-2-3-5-15)16-10-14-11-18-19(32-13-31-18)12-17(14)23-22(16)30/h10-12,15,20H,2-9,13H2,1H3,(H,23,30)/t20-/m1/s1. The van der Waals surface area contributed by atoms with Gasteiger partial charge in [-0.1, -0.05) is 12.8 Å². The summed E-state index contributed by atoms with van der Waals surface area (Å²) in [7, 11) is 2.13. The van der Waals surface area contributed by atoms with Gasteiger partial charge in [0.05, 0.1) is 11.6 Å².